The fourth-order valence-electron chi connectivity index (χ4n) is 1.87. The summed E-state index contributed by atoms with van der Waals surface area (Å²) in [4.78, 5) is 22.6. The van der Waals surface area contributed by atoms with Gasteiger partial charge in [-0.1, -0.05) is 12.1 Å². The second-order valence-corrected chi connectivity index (χ2v) is 7.98. The first kappa shape index (κ1) is 19.9. The van der Waals surface area contributed by atoms with Crippen molar-refractivity contribution in [1.29, 1.82) is 0 Å². The first-order valence-corrected chi connectivity index (χ1v) is 9.20. The highest BCUT2D eigenvalue weighted by Crippen LogP contribution is 2.13. The maximum atomic E-state index is 12.0. The van der Waals surface area contributed by atoms with E-state index in [1.54, 1.807) is 38.1 Å². The Labute approximate surface area is 141 Å². The first-order valence-electron chi connectivity index (χ1n) is 7.31. The van der Waals surface area contributed by atoms with Crippen LogP contribution in [0.1, 0.15) is 32.3 Å². The molecule has 0 aliphatic carbocycles. The standard InChI is InChI=1S/C15H23N3O5S/c1-15(2,9-8-13(19)20)18-14(21)17-12-6-4-11(5-7-12)10-16-24(3,22)23/h4-7,16H,8-10H2,1-3H3,(H,19,20)(H2,17,18,21). The van der Waals surface area contributed by atoms with Gasteiger partial charge in [0.05, 0.1) is 6.26 Å². The molecule has 0 heterocycles. The summed E-state index contributed by atoms with van der Waals surface area (Å²) in [5.41, 5.74) is 0.653. The van der Waals surface area contributed by atoms with Crippen molar-refractivity contribution in [3.05, 3.63) is 29.8 Å². The number of amides is 2. The van der Waals surface area contributed by atoms with Crippen LogP contribution in [0.5, 0.6) is 0 Å². The summed E-state index contributed by atoms with van der Waals surface area (Å²) in [6.45, 7) is 3.67. The number of carboxylic acid groups (broad SMARTS) is 1. The van der Waals surface area contributed by atoms with Gasteiger partial charge in [0.25, 0.3) is 0 Å². The molecule has 4 N–H and O–H groups in total. The number of nitrogens with one attached hydrogen (secondary N) is 3. The fraction of sp³-hybridized carbons (Fsp3) is 0.467. The van der Waals surface area contributed by atoms with Crippen LogP contribution in [0, 0.1) is 0 Å². The molecule has 24 heavy (non-hydrogen) atoms. The number of anilines is 1. The highest BCUT2D eigenvalue weighted by Gasteiger charge is 2.21. The number of carboxylic acids is 1. The third-order valence-electron chi connectivity index (χ3n) is 3.17. The van der Waals surface area contributed by atoms with E-state index in [0.29, 0.717) is 12.1 Å². The summed E-state index contributed by atoms with van der Waals surface area (Å²) in [5.74, 6) is -0.913. The Balaban J connectivity index is 2.54. The molecular weight excluding hydrogens is 334 g/mol. The van der Waals surface area contributed by atoms with E-state index < -0.39 is 27.6 Å². The fourth-order valence-corrected chi connectivity index (χ4v) is 2.30. The Morgan fingerprint density at radius 1 is 1.17 bits per heavy atom. The predicted octanol–water partition coefficient (Wildman–Crippen LogP) is 1.50. The minimum Gasteiger partial charge on any atom is -0.481 e. The number of rotatable bonds is 8. The number of benzene rings is 1. The molecule has 0 atom stereocenters. The molecule has 0 bridgehead atoms. The lowest BCUT2D eigenvalue weighted by Gasteiger charge is -2.25. The highest BCUT2D eigenvalue weighted by molar-refractivity contribution is 7.88. The van der Waals surface area contributed by atoms with Crippen LogP contribution in [0.4, 0.5) is 10.5 Å². The molecule has 0 aliphatic heterocycles. The minimum absolute atomic E-state index is 0.0324. The number of carbonyl (C=O) groups is 2. The predicted molar refractivity (Wildman–Crippen MR) is 91.2 cm³/mol. The number of aliphatic carboxylic acids is 1. The lowest BCUT2D eigenvalue weighted by atomic mass is 9.99. The number of sulfonamides is 1. The lowest BCUT2D eigenvalue weighted by molar-refractivity contribution is -0.137. The van der Waals surface area contributed by atoms with Gasteiger partial charge >= 0.3 is 12.0 Å². The molecule has 0 saturated heterocycles. The molecule has 0 saturated carbocycles. The van der Waals surface area contributed by atoms with E-state index in [9.17, 15) is 18.0 Å². The maximum Gasteiger partial charge on any atom is 0.319 e. The number of hydrogen-bond donors (Lipinski definition) is 4. The van der Waals surface area contributed by atoms with E-state index in [4.69, 9.17) is 5.11 Å². The summed E-state index contributed by atoms with van der Waals surface area (Å²) in [6, 6.07) is 6.27. The van der Waals surface area contributed by atoms with Gasteiger partial charge in [-0.15, -0.1) is 0 Å². The molecule has 0 aliphatic rings. The van der Waals surface area contributed by atoms with Crippen LogP contribution < -0.4 is 15.4 Å². The summed E-state index contributed by atoms with van der Waals surface area (Å²) < 4.78 is 24.4. The number of urea groups is 1. The van der Waals surface area contributed by atoms with Gasteiger partial charge in [0.1, 0.15) is 0 Å². The van der Waals surface area contributed by atoms with Crippen molar-refractivity contribution in [2.75, 3.05) is 11.6 Å². The quantitative estimate of drug-likeness (QED) is 0.561. The van der Waals surface area contributed by atoms with Crippen molar-refractivity contribution in [2.24, 2.45) is 0 Å². The molecule has 1 aromatic rings. The van der Waals surface area contributed by atoms with E-state index in [1.165, 1.54) is 0 Å². The lowest BCUT2D eigenvalue weighted by Crippen LogP contribution is -2.45. The zero-order valence-electron chi connectivity index (χ0n) is 13.9. The van der Waals surface area contributed by atoms with Gasteiger partial charge in [-0.3, -0.25) is 4.79 Å². The molecule has 0 radical (unpaired) electrons. The van der Waals surface area contributed by atoms with Gasteiger partial charge < -0.3 is 15.7 Å². The van der Waals surface area contributed by atoms with E-state index >= 15 is 0 Å². The summed E-state index contributed by atoms with van der Waals surface area (Å²) >= 11 is 0. The van der Waals surface area contributed by atoms with Crippen LogP contribution in [-0.2, 0) is 21.4 Å². The van der Waals surface area contributed by atoms with Gasteiger partial charge in [0.15, 0.2) is 0 Å². The Morgan fingerprint density at radius 2 is 1.75 bits per heavy atom. The van der Waals surface area contributed by atoms with Crippen molar-refractivity contribution in [2.45, 2.75) is 38.8 Å². The van der Waals surface area contributed by atoms with Crippen molar-refractivity contribution >= 4 is 27.7 Å². The molecule has 1 aromatic carbocycles. The molecule has 0 aromatic heterocycles. The Bertz CT molecular complexity index is 684. The number of carbonyl (C=O) groups excluding carboxylic acids is 1. The van der Waals surface area contributed by atoms with Crippen LogP contribution in [0.3, 0.4) is 0 Å². The molecule has 0 unspecified atom stereocenters. The second kappa shape index (κ2) is 8.11. The van der Waals surface area contributed by atoms with Crippen LogP contribution >= 0.6 is 0 Å². The zero-order valence-corrected chi connectivity index (χ0v) is 14.7. The largest absolute Gasteiger partial charge is 0.481 e. The molecule has 2 amide bonds. The van der Waals surface area contributed by atoms with E-state index in [-0.39, 0.29) is 13.0 Å². The molecule has 1 rings (SSSR count). The van der Waals surface area contributed by atoms with Crippen LogP contribution in [0.25, 0.3) is 0 Å². The van der Waals surface area contributed by atoms with Crippen LogP contribution in [0.2, 0.25) is 0 Å². The summed E-state index contributed by atoms with van der Waals surface area (Å²) in [5, 5.41) is 14.1. The van der Waals surface area contributed by atoms with Crippen molar-refractivity contribution in [1.82, 2.24) is 10.0 Å². The van der Waals surface area contributed by atoms with Crippen molar-refractivity contribution in [3.63, 3.8) is 0 Å². The molecule has 0 fully saturated rings. The Morgan fingerprint density at radius 3 is 2.25 bits per heavy atom. The third-order valence-corrected chi connectivity index (χ3v) is 3.83. The first-order chi connectivity index (χ1) is 11.0. The van der Waals surface area contributed by atoms with Gasteiger partial charge in [-0.25, -0.2) is 17.9 Å². The third kappa shape index (κ3) is 8.49. The summed E-state index contributed by atoms with van der Waals surface area (Å²) in [6.07, 6.45) is 1.36. The average molecular weight is 357 g/mol. The molecule has 9 heteroatoms. The van der Waals surface area contributed by atoms with E-state index in [0.717, 1.165) is 11.8 Å². The second-order valence-electron chi connectivity index (χ2n) is 6.15. The minimum atomic E-state index is -3.25. The maximum absolute atomic E-state index is 12.0. The van der Waals surface area contributed by atoms with Gasteiger partial charge in [-0.2, -0.15) is 0 Å². The number of hydrogen-bond acceptors (Lipinski definition) is 4. The van der Waals surface area contributed by atoms with Crippen LogP contribution in [-0.4, -0.2) is 37.3 Å². The van der Waals surface area contributed by atoms with Crippen molar-refractivity contribution in [3.8, 4) is 0 Å². The molecule has 134 valence electrons. The van der Waals surface area contributed by atoms with E-state index in [2.05, 4.69) is 15.4 Å². The SMILES string of the molecule is CC(C)(CCC(=O)O)NC(=O)Nc1ccc(CNS(C)(=O)=O)cc1. The van der Waals surface area contributed by atoms with Gasteiger partial charge in [-0.05, 0) is 38.0 Å². The topological polar surface area (TPSA) is 125 Å². The zero-order chi connectivity index (χ0) is 18.4. The molecular formula is C15H23N3O5S. The Hall–Kier alpha value is -2.13. The van der Waals surface area contributed by atoms with Gasteiger partial charge in [0, 0.05) is 24.2 Å². The molecule has 0 spiro atoms. The highest BCUT2D eigenvalue weighted by atomic mass is 32.2. The smallest absolute Gasteiger partial charge is 0.319 e. The molecule has 8 nitrogen and oxygen atoms in total. The van der Waals surface area contributed by atoms with Gasteiger partial charge in [0.2, 0.25) is 10.0 Å². The monoisotopic (exact) mass is 357 g/mol. The normalized spacial score (nSPS) is 11.8. The van der Waals surface area contributed by atoms with E-state index in [1.807, 2.05) is 0 Å². The van der Waals surface area contributed by atoms with Crippen molar-refractivity contribution < 1.29 is 23.1 Å². The Kier molecular flexibility index (Phi) is 6.73. The summed E-state index contributed by atoms with van der Waals surface area (Å²) in [7, 11) is -3.25. The average Bonchev–Trinajstić information content (AvgIpc) is 2.43. The van der Waals surface area contributed by atoms with Crippen LogP contribution in [0.15, 0.2) is 24.3 Å².